The molecule has 1 N–H and O–H groups in total. The number of aromatic nitrogens is 2. The second kappa shape index (κ2) is 3.90. The third-order valence-corrected chi connectivity index (χ3v) is 6.65. The first-order valence-electron chi connectivity index (χ1n) is 6.71. The second-order valence-electron chi connectivity index (χ2n) is 5.70. The van der Waals surface area contributed by atoms with E-state index in [0.717, 1.165) is 24.1 Å². The predicted octanol–water partition coefficient (Wildman–Crippen LogP) is 1.60. The Labute approximate surface area is 113 Å². The summed E-state index contributed by atoms with van der Waals surface area (Å²) in [6.07, 6.45) is 8.80. The summed E-state index contributed by atoms with van der Waals surface area (Å²) in [6, 6.07) is 3.91. The lowest BCUT2D eigenvalue weighted by molar-refractivity contribution is 0.0185. The van der Waals surface area contributed by atoms with Crippen LogP contribution in [0.5, 0.6) is 0 Å². The third-order valence-electron chi connectivity index (χ3n) is 4.53. The number of aliphatic hydroxyl groups is 1. The largest absolute Gasteiger partial charge is 0.385 e. The van der Waals surface area contributed by atoms with E-state index in [9.17, 15) is 9.32 Å². The van der Waals surface area contributed by atoms with Gasteiger partial charge in [-0.25, -0.2) is 4.98 Å². The number of imidazole rings is 1. The maximum Gasteiger partial charge on any atom is 0.137 e. The summed E-state index contributed by atoms with van der Waals surface area (Å²) in [5.41, 5.74) is 0.942. The number of hydrogen-bond donors (Lipinski definition) is 1. The van der Waals surface area contributed by atoms with E-state index in [1.165, 1.54) is 0 Å². The van der Waals surface area contributed by atoms with Crippen LogP contribution >= 0.6 is 0 Å². The van der Waals surface area contributed by atoms with E-state index in [2.05, 4.69) is 4.98 Å². The predicted molar refractivity (Wildman–Crippen MR) is 73.3 cm³/mol. The first kappa shape index (κ1) is 11.6. The molecule has 0 spiro atoms. The molecule has 4 nitrogen and oxygen atoms in total. The topological polar surface area (TPSA) is 54.6 Å². The van der Waals surface area contributed by atoms with Crippen LogP contribution in [0, 0.1) is 0 Å². The summed E-state index contributed by atoms with van der Waals surface area (Å²) >= 11 is 0. The Morgan fingerprint density at radius 2 is 2.05 bits per heavy atom. The number of rotatable bonds is 1. The van der Waals surface area contributed by atoms with Crippen LogP contribution in [-0.4, -0.2) is 29.2 Å². The van der Waals surface area contributed by atoms with Gasteiger partial charge < -0.3 is 9.51 Å². The summed E-state index contributed by atoms with van der Waals surface area (Å²) in [5, 5.41) is 11.3. The minimum Gasteiger partial charge on any atom is -0.385 e. The Kier molecular flexibility index (Phi) is 2.38. The molecule has 2 aromatic rings. The summed E-state index contributed by atoms with van der Waals surface area (Å²) in [6.45, 7) is 0. The maximum atomic E-state index is 12.1. The minimum atomic E-state index is -0.826. The fourth-order valence-electron chi connectivity index (χ4n) is 3.52. The van der Waals surface area contributed by atoms with Crippen LogP contribution in [0.1, 0.15) is 31.2 Å². The summed E-state index contributed by atoms with van der Waals surface area (Å²) < 4.78 is 14.0. The Morgan fingerprint density at radius 3 is 2.79 bits per heavy atom. The summed E-state index contributed by atoms with van der Waals surface area (Å²) in [4.78, 5) is 4.27. The molecule has 2 fully saturated rings. The van der Waals surface area contributed by atoms with Crippen molar-refractivity contribution in [3.05, 3.63) is 36.3 Å². The molecule has 2 unspecified atom stereocenters. The molecule has 0 aliphatic carbocycles. The molecule has 4 heterocycles. The monoisotopic (exact) mass is 276 g/mol. The highest BCUT2D eigenvalue weighted by Crippen LogP contribution is 2.45. The van der Waals surface area contributed by atoms with Crippen LogP contribution in [0.3, 0.4) is 0 Å². The molecule has 0 radical (unpaired) electrons. The van der Waals surface area contributed by atoms with Crippen molar-refractivity contribution < 1.29 is 9.32 Å². The van der Waals surface area contributed by atoms with E-state index < -0.39 is 16.4 Å². The molecule has 2 saturated heterocycles. The molecule has 2 aliphatic rings. The SMILES string of the molecule is O=S1C2CCC1CC(O)(c1ccn3ccnc3c1)C2. The fraction of sp³-hybridized carbons (Fsp3) is 0.500. The average molecular weight is 276 g/mol. The Balaban J connectivity index is 1.76. The average Bonchev–Trinajstić information content (AvgIpc) is 2.94. The molecule has 2 aromatic heterocycles. The Hall–Kier alpha value is -1.20. The van der Waals surface area contributed by atoms with Gasteiger partial charge in [-0.2, -0.15) is 0 Å². The molecule has 0 amide bonds. The molecule has 2 bridgehead atoms. The number of nitrogens with zero attached hydrogens (tertiary/aromatic N) is 2. The molecular weight excluding hydrogens is 260 g/mol. The van der Waals surface area contributed by atoms with Gasteiger partial charge in [0, 0.05) is 39.9 Å². The van der Waals surface area contributed by atoms with E-state index >= 15 is 0 Å². The van der Waals surface area contributed by atoms with Gasteiger partial charge in [0.1, 0.15) is 5.65 Å². The molecule has 5 heteroatoms. The molecule has 0 aromatic carbocycles. The van der Waals surface area contributed by atoms with Crippen molar-refractivity contribution in [3.63, 3.8) is 0 Å². The van der Waals surface area contributed by atoms with Gasteiger partial charge in [0.15, 0.2) is 0 Å². The van der Waals surface area contributed by atoms with Crippen LogP contribution in [0.2, 0.25) is 0 Å². The van der Waals surface area contributed by atoms with E-state index in [-0.39, 0.29) is 10.5 Å². The molecule has 2 aliphatic heterocycles. The fourth-order valence-corrected chi connectivity index (χ4v) is 5.68. The number of fused-ring (bicyclic) bond motifs is 3. The van der Waals surface area contributed by atoms with Gasteiger partial charge >= 0.3 is 0 Å². The van der Waals surface area contributed by atoms with Crippen molar-refractivity contribution in [1.29, 1.82) is 0 Å². The maximum absolute atomic E-state index is 12.1. The standard InChI is InChI=1S/C14H16N2O2S/c17-14(8-11-1-2-12(9-14)19(11)18)10-3-5-16-6-4-15-13(16)7-10/h3-7,11-12,17H,1-2,8-9H2. The van der Waals surface area contributed by atoms with Gasteiger partial charge in [0.2, 0.25) is 0 Å². The molecule has 100 valence electrons. The number of hydrogen-bond acceptors (Lipinski definition) is 3. The number of pyridine rings is 1. The Bertz CT molecular complexity index is 650. The molecule has 4 rings (SSSR count). The van der Waals surface area contributed by atoms with Crippen molar-refractivity contribution in [2.45, 2.75) is 41.8 Å². The van der Waals surface area contributed by atoms with Crippen molar-refractivity contribution in [3.8, 4) is 0 Å². The summed E-state index contributed by atoms with van der Waals surface area (Å²) in [5.74, 6) is 0. The lowest BCUT2D eigenvalue weighted by Gasteiger charge is -2.36. The van der Waals surface area contributed by atoms with Crippen LogP contribution in [0.15, 0.2) is 30.7 Å². The van der Waals surface area contributed by atoms with Crippen LogP contribution in [0.25, 0.3) is 5.65 Å². The first-order valence-corrected chi connectivity index (χ1v) is 7.98. The van der Waals surface area contributed by atoms with Gasteiger partial charge in [-0.05, 0) is 43.4 Å². The van der Waals surface area contributed by atoms with Gasteiger partial charge in [-0.1, -0.05) is 0 Å². The van der Waals surface area contributed by atoms with E-state index in [0.29, 0.717) is 12.8 Å². The first-order chi connectivity index (χ1) is 9.16. The quantitative estimate of drug-likeness (QED) is 0.860. The van der Waals surface area contributed by atoms with Crippen molar-refractivity contribution in [2.24, 2.45) is 0 Å². The lowest BCUT2D eigenvalue weighted by atomic mass is 9.86. The van der Waals surface area contributed by atoms with Gasteiger partial charge in [0.05, 0.1) is 5.60 Å². The van der Waals surface area contributed by atoms with Crippen LogP contribution in [0.4, 0.5) is 0 Å². The lowest BCUT2D eigenvalue weighted by Crippen LogP contribution is -2.40. The molecule has 19 heavy (non-hydrogen) atoms. The van der Waals surface area contributed by atoms with Gasteiger partial charge in [0.25, 0.3) is 0 Å². The van der Waals surface area contributed by atoms with Crippen LogP contribution in [-0.2, 0) is 16.4 Å². The van der Waals surface area contributed by atoms with E-state index in [1.807, 2.05) is 28.9 Å². The normalized spacial score (nSPS) is 37.8. The van der Waals surface area contributed by atoms with Crippen molar-refractivity contribution in [1.82, 2.24) is 9.38 Å². The molecule has 2 atom stereocenters. The molecule has 0 saturated carbocycles. The molecular formula is C14H16N2O2S. The summed E-state index contributed by atoms with van der Waals surface area (Å²) in [7, 11) is -0.739. The highest BCUT2D eigenvalue weighted by molar-refractivity contribution is 7.86. The van der Waals surface area contributed by atoms with Crippen molar-refractivity contribution in [2.75, 3.05) is 0 Å². The third kappa shape index (κ3) is 1.68. The van der Waals surface area contributed by atoms with Crippen molar-refractivity contribution >= 4 is 16.4 Å². The van der Waals surface area contributed by atoms with Crippen LogP contribution < -0.4 is 0 Å². The second-order valence-corrected chi connectivity index (χ2v) is 7.69. The van der Waals surface area contributed by atoms with E-state index in [1.54, 1.807) is 6.20 Å². The Morgan fingerprint density at radius 1 is 1.32 bits per heavy atom. The zero-order valence-corrected chi connectivity index (χ0v) is 11.3. The smallest absolute Gasteiger partial charge is 0.137 e. The van der Waals surface area contributed by atoms with Gasteiger partial charge in [-0.3, -0.25) is 4.21 Å². The zero-order valence-electron chi connectivity index (χ0n) is 10.5. The highest BCUT2D eigenvalue weighted by Gasteiger charge is 2.48. The minimum absolute atomic E-state index is 0.166. The van der Waals surface area contributed by atoms with E-state index in [4.69, 9.17) is 0 Å². The van der Waals surface area contributed by atoms with Gasteiger partial charge in [-0.15, -0.1) is 0 Å². The highest BCUT2D eigenvalue weighted by atomic mass is 32.2. The zero-order chi connectivity index (χ0) is 13.0.